The molecular weight excluding hydrogens is 343 g/mol. The number of nitrogens with zero attached hydrogens (tertiary/aromatic N) is 4. The van der Waals surface area contributed by atoms with Crippen LogP contribution in [0.4, 0.5) is 4.39 Å². The van der Waals surface area contributed by atoms with Crippen LogP contribution in [0.25, 0.3) is 27.9 Å². The third kappa shape index (κ3) is 2.58. The van der Waals surface area contributed by atoms with E-state index in [9.17, 15) is 4.39 Å². The number of benzene rings is 3. The molecule has 0 fully saturated rings. The summed E-state index contributed by atoms with van der Waals surface area (Å²) in [6.45, 7) is 0. The molecule has 27 heavy (non-hydrogen) atoms. The van der Waals surface area contributed by atoms with Crippen LogP contribution in [-0.4, -0.2) is 19.6 Å². The summed E-state index contributed by atoms with van der Waals surface area (Å²) in [6.07, 6.45) is 0. The van der Waals surface area contributed by atoms with Crippen molar-refractivity contribution in [2.75, 3.05) is 0 Å². The first-order valence-corrected chi connectivity index (χ1v) is 8.43. The van der Waals surface area contributed by atoms with Gasteiger partial charge in [0.25, 0.3) is 0 Å². The number of aromatic nitrogens is 4. The molecule has 0 spiro atoms. The van der Waals surface area contributed by atoms with Crippen molar-refractivity contribution in [1.29, 1.82) is 0 Å². The summed E-state index contributed by atoms with van der Waals surface area (Å²) >= 11 is 0. The minimum Gasteiger partial charge on any atom is -0.425 e. The molecule has 3 aromatic carbocycles. The van der Waals surface area contributed by atoms with Gasteiger partial charge in [-0.3, -0.25) is 0 Å². The first kappa shape index (κ1) is 15.5. The van der Waals surface area contributed by atoms with E-state index in [0.29, 0.717) is 22.8 Å². The number of hydrogen-bond donors (Lipinski definition) is 0. The number of para-hydroxylation sites is 2. The summed E-state index contributed by atoms with van der Waals surface area (Å²) in [4.78, 5) is 4.62. The highest BCUT2D eigenvalue weighted by Gasteiger charge is 2.19. The molecule has 0 unspecified atom stereocenters. The summed E-state index contributed by atoms with van der Waals surface area (Å²) in [6, 6.07) is 23.6. The van der Waals surface area contributed by atoms with E-state index in [1.165, 1.54) is 6.07 Å². The van der Waals surface area contributed by atoms with Gasteiger partial charge >= 0.3 is 6.01 Å². The fourth-order valence-electron chi connectivity index (χ4n) is 3.03. The lowest BCUT2D eigenvalue weighted by molar-refractivity contribution is 0.437. The smallest absolute Gasteiger partial charge is 0.310 e. The molecule has 0 saturated heterocycles. The van der Waals surface area contributed by atoms with Crippen molar-refractivity contribution in [2.24, 2.45) is 0 Å². The predicted molar refractivity (Wildman–Crippen MR) is 100 cm³/mol. The van der Waals surface area contributed by atoms with Crippen LogP contribution in [0.2, 0.25) is 0 Å². The molecule has 130 valence electrons. The van der Waals surface area contributed by atoms with Crippen LogP contribution in [0.3, 0.4) is 0 Å². The van der Waals surface area contributed by atoms with Crippen molar-refractivity contribution in [1.82, 2.24) is 19.6 Å². The molecule has 5 aromatic rings. The van der Waals surface area contributed by atoms with E-state index in [1.54, 1.807) is 22.6 Å². The van der Waals surface area contributed by atoms with E-state index in [-0.39, 0.29) is 11.8 Å². The molecule has 5 rings (SSSR count). The molecule has 0 atom stereocenters. The van der Waals surface area contributed by atoms with Gasteiger partial charge in [0, 0.05) is 5.39 Å². The summed E-state index contributed by atoms with van der Waals surface area (Å²) < 4.78 is 22.1. The van der Waals surface area contributed by atoms with Crippen LogP contribution in [0.5, 0.6) is 11.8 Å². The molecule has 0 aliphatic heterocycles. The Bertz CT molecular complexity index is 1270. The van der Waals surface area contributed by atoms with Crippen LogP contribution in [0.1, 0.15) is 0 Å². The lowest BCUT2D eigenvalue weighted by Gasteiger charge is -2.10. The van der Waals surface area contributed by atoms with E-state index in [2.05, 4.69) is 15.2 Å². The van der Waals surface area contributed by atoms with Crippen LogP contribution in [0, 0.1) is 5.82 Å². The number of fused-ring (bicyclic) bond motifs is 3. The molecule has 2 aromatic heterocycles. The second-order valence-electron chi connectivity index (χ2n) is 5.99. The highest BCUT2D eigenvalue weighted by molar-refractivity contribution is 5.92. The van der Waals surface area contributed by atoms with Gasteiger partial charge in [0.2, 0.25) is 0 Å². The summed E-state index contributed by atoms with van der Waals surface area (Å²) in [5.41, 5.74) is 1.62. The fourth-order valence-corrected chi connectivity index (χ4v) is 3.03. The van der Waals surface area contributed by atoms with E-state index < -0.39 is 0 Å². The van der Waals surface area contributed by atoms with E-state index in [4.69, 9.17) is 4.74 Å². The molecular formula is C21H13FN4O. The van der Waals surface area contributed by atoms with Gasteiger partial charge in [-0.15, -0.1) is 10.2 Å². The van der Waals surface area contributed by atoms with Crippen molar-refractivity contribution < 1.29 is 9.13 Å². The molecule has 0 aliphatic rings. The van der Waals surface area contributed by atoms with Gasteiger partial charge in [-0.25, -0.2) is 8.79 Å². The quantitative estimate of drug-likeness (QED) is 0.462. The van der Waals surface area contributed by atoms with Gasteiger partial charge < -0.3 is 4.74 Å². The second kappa shape index (κ2) is 6.17. The number of rotatable bonds is 3. The van der Waals surface area contributed by atoms with Crippen molar-refractivity contribution >= 4 is 16.6 Å². The second-order valence-corrected chi connectivity index (χ2v) is 5.99. The maximum atomic E-state index is 14.4. The Morgan fingerprint density at radius 2 is 1.52 bits per heavy atom. The molecule has 2 heterocycles. The Balaban J connectivity index is 1.83. The fraction of sp³-hybridized carbons (Fsp3) is 0. The number of hydrogen-bond acceptors (Lipinski definition) is 4. The summed E-state index contributed by atoms with van der Waals surface area (Å²) in [5.74, 6) is 0.577. The maximum Gasteiger partial charge on any atom is 0.310 e. The average molecular weight is 356 g/mol. The average Bonchev–Trinajstić information content (AvgIpc) is 3.15. The Labute approximate surface area is 153 Å². The SMILES string of the molecule is Fc1ccccc1-c1nnc2c3ccccc3nc(Oc3ccccc3)n12. The zero-order valence-electron chi connectivity index (χ0n) is 14.1. The van der Waals surface area contributed by atoms with E-state index in [1.807, 2.05) is 54.6 Å². The minimum absolute atomic E-state index is 0.276. The summed E-state index contributed by atoms with van der Waals surface area (Å²) in [7, 11) is 0. The van der Waals surface area contributed by atoms with Crippen molar-refractivity contribution in [3.63, 3.8) is 0 Å². The normalized spacial score (nSPS) is 11.1. The van der Waals surface area contributed by atoms with E-state index >= 15 is 0 Å². The highest BCUT2D eigenvalue weighted by atomic mass is 19.1. The van der Waals surface area contributed by atoms with E-state index in [0.717, 1.165) is 10.9 Å². The zero-order valence-corrected chi connectivity index (χ0v) is 14.1. The van der Waals surface area contributed by atoms with Gasteiger partial charge in [0.15, 0.2) is 11.5 Å². The first-order valence-electron chi connectivity index (χ1n) is 8.43. The molecule has 0 N–H and O–H groups in total. The largest absolute Gasteiger partial charge is 0.425 e. The third-order valence-corrected chi connectivity index (χ3v) is 4.28. The molecule has 0 amide bonds. The molecule has 0 saturated carbocycles. The first-order chi connectivity index (χ1) is 13.3. The Kier molecular flexibility index (Phi) is 3.53. The van der Waals surface area contributed by atoms with Crippen molar-refractivity contribution in [3.8, 4) is 23.1 Å². The Hall–Kier alpha value is -3.80. The number of ether oxygens (including phenoxy) is 1. The molecule has 0 aliphatic carbocycles. The third-order valence-electron chi connectivity index (χ3n) is 4.28. The predicted octanol–water partition coefficient (Wildman–Crippen LogP) is 4.88. The van der Waals surface area contributed by atoms with Gasteiger partial charge in [-0.05, 0) is 36.4 Å². The number of halogens is 1. The Morgan fingerprint density at radius 3 is 2.37 bits per heavy atom. The lowest BCUT2D eigenvalue weighted by Crippen LogP contribution is -2.01. The van der Waals surface area contributed by atoms with Crippen molar-refractivity contribution in [2.45, 2.75) is 0 Å². The molecule has 0 bridgehead atoms. The van der Waals surface area contributed by atoms with Crippen molar-refractivity contribution in [3.05, 3.63) is 84.7 Å². The van der Waals surface area contributed by atoms with Gasteiger partial charge in [-0.1, -0.05) is 42.5 Å². The van der Waals surface area contributed by atoms with Gasteiger partial charge in [-0.2, -0.15) is 4.98 Å². The van der Waals surface area contributed by atoms with Crippen LogP contribution >= 0.6 is 0 Å². The summed E-state index contributed by atoms with van der Waals surface area (Å²) in [5, 5.41) is 9.34. The molecule has 0 radical (unpaired) electrons. The lowest BCUT2D eigenvalue weighted by atomic mass is 10.2. The maximum absolute atomic E-state index is 14.4. The monoisotopic (exact) mass is 356 g/mol. The van der Waals surface area contributed by atoms with Gasteiger partial charge in [0.1, 0.15) is 11.6 Å². The van der Waals surface area contributed by atoms with Crippen LogP contribution in [0.15, 0.2) is 78.9 Å². The van der Waals surface area contributed by atoms with Crippen LogP contribution in [-0.2, 0) is 0 Å². The molecule has 6 heteroatoms. The molecule has 5 nitrogen and oxygen atoms in total. The highest BCUT2D eigenvalue weighted by Crippen LogP contribution is 2.30. The topological polar surface area (TPSA) is 52.3 Å². The van der Waals surface area contributed by atoms with Crippen LogP contribution < -0.4 is 4.74 Å². The zero-order chi connectivity index (χ0) is 18.2. The standard InChI is InChI=1S/C21H13FN4O/c22-17-12-6-4-10-15(17)19-24-25-20-16-11-5-7-13-18(16)23-21(26(19)20)27-14-8-2-1-3-9-14/h1-13H. The Morgan fingerprint density at radius 1 is 0.778 bits per heavy atom. The van der Waals surface area contributed by atoms with Gasteiger partial charge in [0.05, 0.1) is 11.1 Å². The minimum atomic E-state index is -0.384.